The van der Waals surface area contributed by atoms with Crippen LogP contribution >= 0.6 is 0 Å². The van der Waals surface area contributed by atoms with E-state index in [1.165, 1.54) is 0 Å². The SMILES string of the molecule is CCOc1ccccc1C(C)OC(=O)CC. The smallest absolute Gasteiger partial charge is 0.306 e. The number of para-hydroxylation sites is 1. The van der Waals surface area contributed by atoms with Gasteiger partial charge in [0.15, 0.2) is 0 Å². The van der Waals surface area contributed by atoms with Crippen molar-refractivity contribution in [1.82, 2.24) is 0 Å². The van der Waals surface area contributed by atoms with Crippen LogP contribution in [0, 0.1) is 0 Å². The van der Waals surface area contributed by atoms with Gasteiger partial charge in [-0.3, -0.25) is 4.79 Å². The minimum absolute atomic E-state index is 0.196. The molecular formula is C13H18O3. The van der Waals surface area contributed by atoms with Crippen LogP contribution in [0.1, 0.15) is 38.9 Å². The number of ether oxygens (including phenoxy) is 2. The van der Waals surface area contributed by atoms with Crippen molar-refractivity contribution in [3.63, 3.8) is 0 Å². The summed E-state index contributed by atoms with van der Waals surface area (Å²) in [6.07, 6.45) is 0.122. The number of hydrogen-bond acceptors (Lipinski definition) is 3. The molecule has 1 atom stereocenters. The largest absolute Gasteiger partial charge is 0.493 e. The molecule has 1 rings (SSSR count). The van der Waals surface area contributed by atoms with Crippen molar-refractivity contribution in [2.75, 3.05) is 6.61 Å². The normalized spacial score (nSPS) is 11.9. The van der Waals surface area contributed by atoms with Crippen molar-refractivity contribution in [1.29, 1.82) is 0 Å². The Morgan fingerprint density at radius 2 is 2.00 bits per heavy atom. The summed E-state index contributed by atoms with van der Waals surface area (Å²) in [6, 6.07) is 7.62. The zero-order valence-electron chi connectivity index (χ0n) is 10.0. The van der Waals surface area contributed by atoms with Crippen LogP contribution in [0.4, 0.5) is 0 Å². The molecule has 1 aromatic rings. The van der Waals surface area contributed by atoms with Crippen molar-refractivity contribution >= 4 is 5.97 Å². The molecule has 0 aliphatic heterocycles. The zero-order valence-corrected chi connectivity index (χ0v) is 10.0. The number of carbonyl (C=O) groups is 1. The Morgan fingerprint density at radius 3 is 2.62 bits per heavy atom. The molecule has 0 aliphatic rings. The number of carbonyl (C=O) groups excluding carboxylic acids is 1. The van der Waals surface area contributed by atoms with Gasteiger partial charge in [-0.2, -0.15) is 0 Å². The van der Waals surface area contributed by atoms with Crippen molar-refractivity contribution in [2.45, 2.75) is 33.3 Å². The van der Waals surface area contributed by atoms with Gasteiger partial charge in [0.2, 0.25) is 0 Å². The van der Waals surface area contributed by atoms with E-state index in [1.54, 1.807) is 6.92 Å². The monoisotopic (exact) mass is 222 g/mol. The Bertz CT molecular complexity index is 347. The van der Waals surface area contributed by atoms with Gasteiger partial charge in [0, 0.05) is 12.0 Å². The molecule has 0 heterocycles. The molecule has 0 spiro atoms. The maximum absolute atomic E-state index is 11.2. The molecule has 3 heteroatoms. The highest BCUT2D eigenvalue weighted by molar-refractivity contribution is 5.69. The highest BCUT2D eigenvalue weighted by atomic mass is 16.5. The predicted octanol–water partition coefficient (Wildman–Crippen LogP) is 3.10. The first kappa shape index (κ1) is 12.6. The van der Waals surface area contributed by atoms with E-state index in [0.717, 1.165) is 11.3 Å². The zero-order chi connectivity index (χ0) is 12.0. The van der Waals surface area contributed by atoms with Gasteiger partial charge in [-0.1, -0.05) is 25.1 Å². The second-order valence-corrected chi connectivity index (χ2v) is 3.46. The molecule has 3 nitrogen and oxygen atoms in total. The second-order valence-electron chi connectivity index (χ2n) is 3.46. The minimum Gasteiger partial charge on any atom is -0.493 e. The van der Waals surface area contributed by atoms with Crippen LogP contribution in [0.25, 0.3) is 0 Å². The third-order valence-corrected chi connectivity index (χ3v) is 2.25. The molecule has 0 N–H and O–H groups in total. The van der Waals surface area contributed by atoms with Gasteiger partial charge < -0.3 is 9.47 Å². The summed E-state index contributed by atoms with van der Waals surface area (Å²) in [5, 5.41) is 0. The molecule has 0 bridgehead atoms. The summed E-state index contributed by atoms with van der Waals surface area (Å²) in [4.78, 5) is 11.2. The van der Waals surface area contributed by atoms with Crippen LogP contribution in [-0.2, 0) is 9.53 Å². The van der Waals surface area contributed by atoms with Crippen LogP contribution in [0.2, 0.25) is 0 Å². The van der Waals surface area contributed by atoms with Gasteiger partial charge in [-0.05, 0) is 19.9 Å². The Kier molecular flexibility index (Phi) is 4.83. The molecule has 1 unspecified atom stereocenters. The van der Waals surface area contributed by atoms with Gasteiger partial charge >= 0.3 is 5.97 Å². The number of hydrogen-bond donors (Lipinski definition) is 0. The highest BCUT2D eigenvalue weighted by Gasteiger charge is 2.14. The van der Waals surface area contributed by atoms with Crippen LogP contribution in [-0.4, -0.2) is 12.6 Å². The van der Waals surface area contributed by atoms with Crippen molar-refractivity contribution < 1.29 is 14.3 Å². The lowest BCUT2D eigenvalue weighted by molar-refractivity contribution is -0.148. The Hall–Kier alpha value is -1.51. The molecule has 88 valence electrons. The lowest BCUT2D eigenvalue weighted by atomic mass is 10.1. The van der Waals surface area contributed by atoms with E-state index in [0.29, 0.717) is 13.0 Å². The van der Waals surface area contributed by atoms with Gasteiger partial charge in [0.25, 0.3) is 0 Å². The summed E-state index contributed by atoms with van der Waals surface area (Å²) in [7, 11) is 0. The Labute approximate surface area is 96.4 Å². The molecule has 0 amide bonds. The van der Waals surface area contributed by atoms with E-state index >= 15 is 0 Å². The lowest BCUT2D eigenvalue weighted by Crippen LogP contribution is -2.09. The van der Waals surface area contributed by atoms with Gasteiger partial charge in [-0.15, -0.1) is 0 Å². The van der Waals surface area contributed by atoms with Gasteiger partial charge in [-0.25, -0.2) is 0 Å². The quantitative estimate of drug-likeness (QED) is 0.718. The first-order chi connectivity index (χ1) is 7.69. The first-order valence-corrected chi connectivity index (χ1v) is 5.60. The van der Waals surface area contributed by atoms with Crippen LogP contribution in [0.3, 0.4) is 0 Å². The summed E-state index contributed by atoms with van der Waals surface area (Å²) in [6.45, 7) is 6.17. The number of rotatable bonds is 5. The second kappa shape index (κ2) is 6.16. The fourth-order valence-electron chi connectivity index (χ4n) is 1.45. The van der Waals surface area contributed by atoms with Crippen LogP contribution < -0.4 is 4.74 Å². The highest BCUT2D eigenvalue weighted by Crippen LogP contribution is 2.27. The topological polar surface area (TPSA) is 35.5 Å². The van der Waals surface area contributed by atoms with Crippen LogP contribution in [0.15, 0.2) is 24.3 Å². The standard InChI is InChI=1S/C13H18O3/c1-4-13(14)16-10(3)11-8-6-7-9-12(11)15-5-2/h6-10H,4-5H2,1-3H3. The van der Waals surface area contributed by atoms with Gasteiger partial charge in [0.05, 0.1) is 6.61 Å². The number of esters is 1. The Morgan fingerprint density at radius 1 is 1.31 bits per heavy atom. The molecule has 1 aromatic carbocycles. The van der Waals surface area contributed by atoms with E-state index in [4.69, 9.17) is 9.47 Å². The van der Waals surface area contributed by atoms with E-state index in [-0.39, 0.29) is 12.1 Å². The Balaban J connectivity index is 2.81. The molecular weight excluding hydrogens is 204 g/mol. The molecule has 0 saturated carbocycles. The summed E-state index contributed by atoms with van der Waals surface area (Å²) in [5.41, 5.74) is 0.908. The van der Waals surface area contributed by atoms with E-state index in [1.807, 2.05) is 38.1 Å². The van der Waals surface area contributed by atoms with Crippen LogP contribution in [0.5, 0.6) is 5.75 Å². The van der Waals surface area contributed by atoms with Crippen molar-refractivity contribution in [3.8, 4) is 5.75 Å². The van der Waals surface area contributed by atoms with E-state index in [9.17, 15) is 4.79 Å². The van der Waals surface area contributed by atoms with E-state index < -0.39 is 0 Å². The third-order valence-electron chi connectivity index (χ3n) is 2.25. The van der Waals surface area contributed by atoms with Crippen molar-refractivity contribution in [3.05, 3.63) is 29.8 Å². The summed E-state index contributed by atoms with van der Waals surface area (Å²) in [5.74, 6) is 0.584. The maximum atomic E-state index is 11.2. The average Bonchev–Trinajstić information content (AvgIpc) is 2.30. The fraction of sp³-hybridized carbons (Fsp3) is 0.462. The van der Waals surface area contributed by atoms with E-state index in [2.05, 4.69) is 0 Å². The average molecular weight is 222 g/mol. The first-order valence-electron chi connectivity index (χ1n) is 5.60. The lowest BCUT2D eigenvalue weighted by Gasteiger charge is -2.16. The molecule has 0 aliphatic carbocycles. The molecule has 16 heavy (non-hydrogen) atoms. The van der Waals surface area contributed by atoms with Crippen molar-refractivity contribution in [2.24, 2.45) is 0 Å². The minimum atomic E-state index is -0.268. The summed E-state index contributed by atoms with van der Waals surface area (Å²) >= 11 is 0. The maximum Gasteiger partial charge on any atom is 0.306 e. The molecule has 0 saturated heterocycles. The third kappa shape index (κ3) is 3.26. The number of benzene rings is 1. The molecule has 0 radical (unpaired) electrons. The fourth-order valence-corrected chi connectivity index (χ4v) is 1.45. The molecule has 0 aromatic heterocycles. The van der Waals surface area contributed by atoms with Gasteiger partial charge in [0.1, 0.15) is 11.9 Å². The predicted molar refractivity (Wildman–Crippen MR) is 62.4 cm³/mol. The molecule has 0 fully saturated rings. The summed E-state index contributed by atoms with van der Waals surface area (Å²) < 4.78 is 10.7.